The van der Waals surface area contributed by atoms with Crippen LogP contribution in [0.3, 0.4) is 0 Å². The van der Waals surface area contributed by atoms with E-state index in [-0.39, 0.29) is 18.6 Å². The maximum absolute atomic E-state index is 12.1. The number of nitrogens with zero attached hydrogens (tertiary/aromatic N) is 1. The van der Waals surface area contributed by atoms with Gasteiger partial charge in [-0.3, -0.25) is 4.79 Å². The van der Waals surface area contributed by atoms with Gasteiger partial charge in [0.05, 0.1) is 12.6 Å². The zero-order chi connectivity index (χ0) is 13.0. The van der Waals surface area contributed by atoms with Gasteiger partial charge in [0.1, 0.15) is 0 Å². The van der Waals surface area contributed by atoms with Crippen LogP contribution >= 0.6 is 11.3 Å². The highest BCUT2D eigenvalue weighted by Crippen LogP contribution is 2.19. The Kier molecular flexibility index (Phi) is 4.55. The Hall–Kier alpha value is -1.13. The molecule has 1 aliphatic heterocycles. The van der Waals surface area contributed by atoms with E-state index in [1.165, 1.54) is 4.88 Å². The number of hydrogen-bond acceptors (Lipinski definition) is 3. The Bertz CT molecular complexity index is 439. The second-order valence-corrected chi connectivity index (χ2v) is 5.97. The molecule has 4 heteroatoms. The molecule has 1 N–H and O–H groups in total. The van der Waals surface area contributed by atoms with Crippen molar-refractivity contribution in [1.82, 2.24) is 4.90 Å². The fourth-order valence-corrected chi connectivity index (χ4v) is 3.05. The van der Waals surface area contributed by atoms with Gasteiger partial charge in [-0.1, -0.05) is 0 Å². The topological polar surface area (TPSA) is 40.5 Å². The number of aliphatic hydroxyl groups is 1. The average Bonchev–Trinajstić information content (AvgIpc) is 2.81. The van der Waals surface area contributed by atoms with Gasteiger partial charge in [-0.25, -0.2) is 0 Å². The van der Waals surface area contributed by atoms with Gasteiger partial charge in [0.2, 0.25) is 5.91 Å². The van der Waals surface area contributed by atoms with Crippen LogP contribution in [-0.4, -0.2) is 35.1 Å². The molecule has 98 valence electrons. The fraction of sp³-hybridized carbons (Fsp3) is 0.500. The zero-order valence-corrected chi connectivity index (χ0v) is 11.4. The molecular weight excluding hydrogens is 246 g/mol. The third kappa shape index (κ3) is 3.21. The molecule has 1 amide bonds. The van der Waals surface area contributed by atoms with E-state index in [9.17, 15) is 9.90 Å². The summed E-state index contributed by atoms with van der Waals surface area (Å²) in [6.07, 6.45) is 6.54. The predicted octanol–water partition coefficient (Wildman–Crippen LogP) is 2.44. The first-order valence-electron chi connectivity index (χ1n) is 6.36. The lowest BCUT2D eigenvalue weighted by Gasteiger charge is -2.33. The van der Waals surface area contributed by atoms with Crippen LogP contribution in [0.2, 0.25) is 0 Å². The van der Waals surface area contributed by atoms with Crippen molar-refractivity contribution in [1.29, 1.82) is 0 Å². The van der Waals surface area contributed by atoms with E-state index in [0.29, 0.717) is 0 Å². The maximum Gasteiger partial charge on any atom is 0.246 e. The van der Waals surface area contributed by atoms with Crippen LogP contribution in [0.25, 0.3) is 6.08 Å². The summed E-state index contributed by atoms with van der Waals surface area (Å²) in [6.45, 7) is 2.88. The van der Waals surface area contributed by atoms with Crippen molar-refractivity contribution < 1.29 is 9.90 Å². The van der Waals surface area contributed by atoms with Crippen LogP contribution < -0.4 is 0 Å². The molecular formula is C14H19NO2S. The first-order valence-corrected chi connectivity index (χ1v) is 7.18. The van der Waals surface area contributed by atoms with Crippen molar-refractivity contribution in [2.75, 3.05) is 13.2 Å². The largest absolute Gasteiger partial charge is 0.394 e. The summed E-state index contributed by atoms with van der Waals surface area (Å²) < 4.78 is 0. The molecule has 0 bridgehead atoms. The van der Waals surface area contributed by atoms with E-state index in [2.05, 4.69) is 6.92 Å². The number of hydrogen-bond donors (Lipinski definition) is 1. The average molecular weight is 265 g/mol. The monoisotopic (exact) mass is 265 g/mol. The van der Waals surface area contributed by atoms with Gasteiger partial charge in [0.15, 0.2) is 0 Å². The summed E-state index contributed by atoms with van der Waals surface area (Å²) in [7, 11) is 0. The van der Waals surface area contributed by atoms with Crippen LogP contribution in [0.15, 0.2) is 18.2 Å². The minimum Gasteiger partial charge on any atom is -0.394 e. The number of carbonyl (C=O) groups is 1. The van der Waals surface area contributed by atoms with Crippen molar-refractivity contribution in [2.45, 2.75) is 32.2 Å². The van der Waals surface area contributed by atoms with Gasteiger partial charge in [-0.2, -0.15) is 0 Å². The number of piperidine rings is 1. The molecule has 3 nitrogen and oxygen atoms in total. The number of rotatable bonds is 3. The number of thiophene rings is 1. The van der Waals surface area contributed by atoms with Gasteiger partial charge in [-0.05, 0) is 44.4 Å². The van der Waals surface area contributed by atoms with Gasteiger partial charge < -0.3 is 10.0 Å². The van der Waals surface area contributed by atoms with E-state index in [1.54, 1.807) is 22.3 Å². The quantitative estimate of drug-likeness (QED) is 0.853. The van der Waals surface area contributed by atoms with Crippen molar-refractivity contribution in [3.63, 3.8) is 0 Å². The number of likely N-dealkylation sites (tertiary alicyclic amines) is 1. The second-order valence-electron chi connectivity index (χ2n) is 4.65. The molecule has 0 aliphatic carbocycles. The Balaban J connectivity index is 2.00. The fourth-order valence-electron chi connectivity index (χ4n) is 2.27. The Labute approximate surface area is 112 Å². The highest BCUT2D eigenvalue weighted by molar-refractivity contribution is 7.12. The molecule has 0 saturated carbocycles. The van der Waals surface area contributed by atoms with E-state index < -0.39 is 0 Å². The zero-order valence-electron chi connectivity index (χ0n) is 10.6. The molecule has 1 aliphatic rings. The summed E-state index contributed by atoms with van der Waals surface area (Å²) >= 11 is 1.68. The molecule has 0 aromatic carbocycles. The van der Waals surface area contributed by atoms with E-state index >= 15 is 0 Å². The first kappa shape index (κ1) is 13.3. The third-order valence-electron chi connectivity index (χ3n) is 3.27. The normalized spacial score (nSPS) is 20.6. The van der Waals surface area contributed by atoms with Gasteiger partial charge in [0, 0.05) is 22.4 Å². The third-order valence-corrected chi connectivity index (χ3v) is 4.24. The molecule has 2 rings (SSSR count). The van der Waals surface area contributed by atoms with E-state index in [1.807, 2.05) is 18.2 Å². The highest BCUT2D eigenvalue weighted by atomic mass is 32.1. The highest BCUT2D eigenvalue weighted by Gasteiger charge is 2.24. The van der Waals surface area contributed by atoms with E-state index in [0.717, 1.165) is 30.7 Å². The number of aliphatic hydroxyl groups excluding tert-OH is 1. The smallest absolute Gasteiger partial charge is 0.246 e. The Morgan fingerprint density at radius 1 is 1.56 bits per heavy atom. The second kappa shape index (κ2) is 6.16. The number of aryl methyl sites for hydroxylation is 1. The summed E-state index contributed by atoms with van der Waals surface area (Å²) in [5.74, 6) is 0.0137. The van der Waals surface area contributed by atoms with Crippen molar-refractivity contribution in [3.05, 3.63) is 28.0 Å². The first-order chi connectivity index (χ1) is 8.70. The van der Waals surface area contributed by atoms with Crippen LogP contribution in [0.5, 0.6) is 0 Å². The number of carbonyl (C=O) groups excluding carboxylic acids is 1. The van der Waals surface area contributed by atoms with Gasteiger partial charge in [0.25, 0.3) is 0 Å². The molecule has 1 aromatic heterocycles. The molecule has 1 unspecified atom stereocenters. The molecule has 1 saturated heterocycles. The molecule has 0 radical (unpaired) electrons. The number of amides is 1. The van der Waals surface area contributed by atoms with Crippen molar-refractivity contribution >= 4 is 23.3 Å². The lowest BCUT2D eigenvalue weighted by molar-refractivity contribution is -0.130. The molecule has 1 atom stereocenters. The molecule has 0 spiro atoms. The maximum atomic E-state index is 12.1. The molecule has 1 fully saturated rings. The lowest BCUT2D eigenvalue weighted by Crippen LogP contribution is -2.44. The summed E-state index contributed by atoms with van der Waals surface area (Å²) in [4.78, 5) is 16.2. The Morgan fingerprint density at radius 2 is 2.39 bits per heavy atom. The molecule has 2 heterocycles. The molecule has 18 heavy (non-hydrogen) atoms. The molecule has 1 aromatic rings. The lowest BCUT2D eigenvalue weighted by atomic mass is 10.0. The van der Waals surface area contributed by atoms with Crippen LogP contribution in [-0.2, 0) is 4.79 Å². The minimum absolute atomic E-state index is 0.000900. The Morgan fingerprint density at radius 3 is 3.06 bits per heavy atom. The summed E-state index contributed by atoms with van der Waals surface area (Å²) in [5, 5.41) is 9.28. The van der Waals surface area contributed by atoms with E-state index in [4.69, 9.17) is 0 Å². The van der Waals surface area contributed by atoms with Crippen molar-refractivity contribution in [2.24, 2.45) is 0 Å². The predicted molar refractivity (Wildman–Crippen MR) is 74.5 cm³/mol. The summed E-state index contributed by atoms with van der Waals surface area (Å²) in [6, 6.07) is 4.07. The minimum atomic E-state index is 0.000900. The van der Waals surface area contributed by atoms with Crippen molar-refractivity contribution in [3.8, 4) is 0 Å². The van der Waals surface area contributed by atoms with Gasteiger partial charge in [-0.15, -0.1) is 11.3 Å². The standard InChI is InChI=1S/C14H19NO2S/c1-11-5-6-13(18-11)7-8-14(17)15-9-3-2-4-12(15)10-16/h5-8,12,16H,2-4,9-10H2,1H3/b8-7+. The van der Waals surface area contributed by atoms with Crippen LogP contribution in [0, 0.1) is 6.92 Å². The van der Waals surface area contributed by atoms with Gasteiger partial charge >= 0.3 is 0 Å². The summed E-state index contributed by atoms with van der Waals surface area (Å²) in [5.41, 5.74) is 0. The SMILES string of the molecule is Cc1ccc(/C=C/C(=O)N2CCCCC2CO)s1. The van der Waals surface area contributed by atoms with Crippen LogP contribution in [0.4, 0.5) is 0 Å². The van der Waals surface area contributed by atoms with Crippen LogP contribution in [0.1, 0.15) is 29.0 Å².